The van der Waals surface area contributed by atoms with Crippen molar-refractivity contribution in [2.75, 3.05) is 0 Å². The molecule has 1 amide bonds. The number of rotatable bonds is 1. The highest BCUT2D eigenvalue weighted by atomic mass is 16.5. The van der Waals surface area contributed by atoms with E-state index in [1.54, 1.807) is 0 Å². The summed E-state index contributed by atoms with van der Waals surface area (Å²) in [6.07, 6.45) is -1.35. The number of carbonyl (C=O) groups excluding carboxylic acids is 1. The predicted octanol–water partition coefficient (Wildman–Crippen LogP) is 0.696. The Balaban J connectivity index is 4.01. The van der Waals surface area contributed by atoms with Crippen LogP contribution in [-0.2, 0) is 10.0 Å². The maximum atomic E-state index is 12.9. The Morgan fingerprint density at radius 3 is 2.46 bits per heavy atom. The van der Waals surface area contributed by atoms with Gasteiger partial charge in [-0.3, -0.25) is 4.79 Å². The molecule has 1 radical (unpaired) electrons. The summed E-state index contributed by atoms with van der Waals surface area (Å²) in [6.45, 7) is -14.7. The first-order valence-electron chi connectivity index (χ1n) is 9.46. The first kappa shape index (κ1) is 2.70. The van der Waals surface area contributed by atoms with Crippen molar-refractivity contribution < 1.29 is 26.5 Å². The summed E-state index contributed by atoms with van der Waals surface area (Å²) in [4.78, 5) is 11.8. The summed E-state index contributed by atoms with van der Waals surface area (Å²) in [7, 11) is 0. The molecule has 0 aromatic rings. The van der Waals surface area contributed by atoms with E-state index in [0.717, 1.165) is 0 Å². The standard InChI is InChI=1S/C9H17N2O2/c1-8(2)5-6(7(10)12)9(3,4)11(8)13/h6H,5H2,1-4H3,(H2,10,12)/i1D3,2D3,3D3,4D3. The number of hydrogen-bond acceptors (Lipinski definition) is 2. The minimum Gasteiger partial charge on any atom is -0.369 e. The molecule has 0 aromatic carbocycles. The van der Waals surface area contributed by atoms with Gasteiger partial charge in [0.2, 0.25) is 5.91 Å². The van der Waals surface area contributed by atoms with Crippen LogP contribution in [0.4, 0.5) is 0 Å². The molecule has 1 aliphatic rings. The summed E-state index contributed by atoms with van der Waals surface area (Å²) in [6, 6.07) is 0. The zero-order chi connectivity index (χ0) is 20.4. The maximum Gasteiger partial charge on any atom is 0.222 e. The fraction of sp³-hybridized carbons (Fsp3) is 0.889. The van der Waals surface area contributed by atoms with Gasteiger partial charge in [0.1, 0.15) is 0 Å². The molecule has 0 saturated carbocycles. The molecule has 1 rings (SSSR count). The highest BCUT2D eigenvalue weighted by molar-refractivity contribution is 5.78. The van der Waals surface area contributed by atoms with E-state index < -0.39 is 61.8 Å². The van der Waals surface area contributed by atoms with Crippen LogP contribution in [0.3, 0.4) is 0 Å². The van der Waals surface area contributed by atoms with Crippen molar-refractivity contribution in [3.05, 3.63) is 0 Å². The fourth-order valence-electron chi connectivity index (χ4n) is 1.28. The van der Waals surface area contributed by atoms with E-state index in [4.69, 9.17) is 22.2 Å². The second-order valence-corrected chi connectivity index (χ2v) is 3.08. The van der Waals surface area contributed by atoms with Crippen molar-refractivity contribution in [2.24, 2.45) is 11.7 Å². The monoisotopic (exact) mass is 197 g/mol. The van der Waals surface area contributed by atoms with E-state index >= 15 is 0 Å². The largest absolute Gasteiger partial charge is 0.369 e. The third-order valence-electron chi connectivity index (χ3n) is 2.01. The van der Waals surface area contributed by atoms with Gasteiger partial charge in [0.05, 0.1) is 11.5 Å². The molecule has 0 bridgehead atoms. The topological polar surface area (TPSA) is 66.2 Å². The van der Waals surface area contributed by atoms with Gasteiger partial charge in [-0.1, -0.05) is 0 Å². The van der Waals surface area contributed by atoms with Crippen LogP contribution in [0.25, 0.3) is 0 Å². The summed E-state index contributed by atoms with van der Waals surface area (Å²) in [5.74, 6) is -3.92. The lowest BCUT2D eigenvalue weighted by atomic mass is 9.86. The lowest BCUT2D eigenvalue weighted by molar-refractivity contribution is -0.247. The fourth-order valence-corrected chi connectivity index (χ4v) is 1.28. The second kappa shape index (κ2) is 2.69. The van der Waals surface area contributed by atoms with E-state index in [2.05, 4.69) is 0 Å². The first-order chi connectivity index (χ1) is 10.7. The summed E-state index contributed by atoms with van der Waals surface area (Å²) in [5.41, 5.74) is -1.95. The third kappa shape index (κ3) is 1.44. The van der Waals surface area contributed by atoms with Crippen LogP contribution in [0.1, 0.15) is 50.3 Å². The Morgan fingerprint density at radius 1 is 1.54 bits per heavy atom. The molecule has 1 saturated heterocycles. The van der Waals surface area contributed by atoms with Gasteiger partial charge in [-0.2, -0.15) is 0 Å². The Morgan fingerprint density at radius 2 is 2.15 bits per heavy atom. The SMILES string of the molecule is [2H]C([2H])([2H])C1(C([2H])([2H])[2H])CC(C(N)=O)C(C([2H])([2H])[2H])(C([2H])([2H])[2H])N1[O]. The average Bonchev–Trinajstić information content (AvgIpc) is 2.57. The minimum absolute atomic E-state index is 0.921. The molecule has 13 heavy (non-hydrogen) atoms. The average molecular weight is 197 g/mol. The molecule has 1 unspecified atom stereocenters. The quantitative estimate of drug-likeness (QED) is 0.672. The van der Waals surface area contributed by atoms with Gasteiger partial charge in [-0.25, -0.2) is 0 Å². The van der Waals surface area contributed by atoms with Gasteiger partial charge in [0, 0.05) is 22.0 Å². The van der Waals surface area contributed by atoms with Gasteiger partial charge in [-0.05, 0) is 33.8 Å². The predicted molar refractivity (Wildman–Crippen MR) is 48.0 cm³/mol. The van der Waals surface area contributed by atoms with Gasteiger partial charge >= 0.3 is 0 Å². The Kier molecular flexibility index (Phi) is 0.559. The summed E-state index contributed by atoms with van der Waals surface area (Å²) < 4.78 is 90.1. The molecule has 1 heterocycles. The third-order valence-corrected chi connectivity index (χ3v) is 2.01. The number of hydrogen-bond donors (Lipinski definition) is 1. The van der Waals surface area contributed by atoms with E-state index in [1.165, 1.54) is 0 Å². The zero-order valence-electron chi connectivity index (χ0n) is 18.6. The highest BCUT2D eigenvalue weighted by Gasteiger charge is 2.54. The second-order valence-electron chi connectivity index (χ2n) is 3.08. The molecular weight excluding hydrogens is 168 g/mol. The molecule has 2 N–H and O–H groups in total. The van der Waals surface area contributed by atoms with Gasteiger partial charge in [-0.15, -0.1) is 10.3 Å². The van der Waals surface area contributed by atoms with Crippen LogP contribution < -0.4 is 5.73 Å². The molecule has 4 nitrogen and oxygen atoms in total. The van der Waals surface area contributed by atoms with Crippen LogP contribution >= 0.6 is 0 Å². The Bertz CT molecular complexity index is 517. The van der Waals surface area contributed by atoms with E-state index in [1.807, 2.05) is 0 Å². The van der Waals surface area contributed by atoms with Crippen molar-refractivity contribution in [3.8, 4) is 0 Å². The van der Waals surface area contributed by atoms with Crippen molar-refractivity contribution in [2.45, 2.75) is 44.9 Å². The summed E-state index contributed by atoms with van der Waals surface area (Å²) >= 11 is 0. The van der Waals surface area contributed by atoms with Crippen molar-refractivity contribution in [1.82, 2.24) is 5.06 Å². The highest BCUT2D eigenvalue weighted by Crippen LogP contribution is 2.43. The number of nitrogens with zero attached hydrogens (tertiary/aromatic N) is 1. The molecule has 1 aliphatic heterocycles. The number of primary amides is 1. The number of carbonyl (C=O) groups is 1. The molecular formula is C9H17N2O2. The minimum atomic E-state index is -3.72. The van der Waals surface area contributed by atoms with E-state index in [0.29, 0.717) is 0 Å². The van der Waals surface area contributed by atoms with Crippen LogP contribution in [0.5, 0.6) is 0 Å². The Labute approximate surface area is 95.5 Å². The summed E-state index contributed by atoms with van der Waals surface area (Å²) in [5, 5.41) is 12.0. The maximum absolute atomic E-state index is 12.9. The van der Waals surface area contributed by atoms with Crippen molar-refractivity contribution in [3.63, 3.8) is 0 Å². The normalized spacial score (nSPS) is 49.5. The van der Waals surface area contributed by atoms with Crippen molar-refractivity contribution in [1.29, 1.82) is 0 Å². The van der Waals surface area contributed by atoms with Crippen molar-refractivity contribution >= 4 is 5.91 Å². The van der Waals surface area contributed by atoms with E-state index in [-0.39, 0.29) is 0 Å². The van der Waals surface area contributed by atoms with E-state index in [9.17, 15) is 10.0 Å². The van der Waals surface area contributed by atoms with Crippen LogP contribution in [-0.4, -0.2) is 22.0 Å². The molecule has 1 fully saturated rings. The van der Waals surface area contributed by atoms with Gasteiger partial charge in [0.25, 0.3) is 0 Å². The zero-order valence-corrected chi connectivity index (χ0v) is 6.63. The number of amides is 1. The molecule has 0 spiro atoms. The lowest BCUT2D eigenvalue weighted by Gasteiger charge is -2.32. The van der Waals surface area contributed by atoms with Crippen LogP contribution in [0.15, 0.2) is 0 Å². The van der Waals surface area contributed by atoms with Gasteiger partial charge < -0.3 is 5.73 Å². The number of nitrogens with two attached hydrogens (primary N) is 1. The smallest absolute Gasteiger partial charge is 0.222 e. The first-order valence-corrected chi connectivity index (χ1v) is 3.46. The molecule has 0 aliphatic carbocycles. The molecule has 4 heteroatoms. The Hall–Kier alpha value is -0.610. The molecule has 0 aromatic heterocycles. The van der Waals surface area contributed by atoms with Crippen LogP contribution in [0.2, 0.25) is 0 Å². The number of hydroxylamine groups is 2. The molecule has 75 valence electrons. The van der Waals surface area contributed by atoms with Gasteiger partial charge in [0.15, 0.2) is 0 Å². The molecule has 1 atom stereocenters. The van der Waals surface area contributed by atoms with Crippen LogP contribution in [0, 0.1) is 5.92 Å². The lowest BCUT2D eigenvalue weighted by Crippen LogP contribution is -2.48.